The molecule has 0 unspecified atom stereocenters. The Morgan fingerprint density at radius 2 is 2.05 bits per heavy atom. The highest BCUT2D eigenvalue weighted by atomic mass is 35.5. The minimum atomic E-state index is -0.131. The van der Waals surface area contributed by atoms with Crippen molar-refractivity contribution in [3.63, 3.8) is 0 Å². The molecule has 5 heteroatoms. The van der Waals surface area contributed by atoms with Gasteiger partial charge in [0.25, 0.3) is 5.91 Å². The van der Waals surface area contributed by atoms with Gasteiger partial charge in [0.1, 0.15) is 0 Å². The maximum absolute atomic E-state index is 12.0. The van der Waals surface area contributed by atoms with E-state index in [4.69, 9.17) is 11.6 Å². The van der Waals surface area contributed by atoms with Crippen molar-refractivity contribution in [2.45, 2.75) is 25.7 Å². The Morgan fingerprint density at radius 3 is 2.80 bits per heavy atom. The van der Waals surface area contributed by atoms with E-state index in [1.165, 1.54) is 0 Å². The van der Waals surface area contributed by atoms with Gasteiger partial charge in [-0.3, -0.25) is 4.79 Å². The molecule has 0 saturated heterocycles. The Balaban J connectivity index is 2.19. The molecule has 3 rings (SSSR count). The molecule has 2 aromatic rings. The zero-order chi connectivity index (χ0) is 14.1. The van der Waals surface area contributed by atoms with Crippen LogP contribution in [0.15, 0.2) is 24.3 Å². The van der Waals surface area contributed by atoms with Crippen molar-refractivity contribution in [1.29, 1.82) is 0 Å². The highest BCUT2D eigenvalue weighted by Crippen LogP contribution is 2.29. The number of carbonyl (C=O) groups excluding carboxylic acids is 1. The number of hydrogen-bond acceptors (Lipinski definition) is 2. The lowest BCUT2D eigenvalue weighted by Gasteiger charge is -2.14. The molecule has 104 valence electrons. The number of benzene rings is 1. The maximum Gasteiger partial charge on any atom is 0.271 e. The van der Waals surface area contributed by atoms with Crippen molar-refractivity contribution in [2.24, 2.45) is 0 Å². The van der Waals surface area contributed by atoms with Crippen LogP contribution in [0.2, 0.25) is 5.02 Å². The zero-order valence-electron chi connectivity index (χ0n) is 11.3. The van der Waals surface area contributed by atoms with E-state index < -0.39 is 0 Å². The number of fused-ring (bicyclic) bond motifs is 1. The molecule has 1 amide bonds. The highest BCUT2D eigenvalue weighted by molar-refractivity contribution is 6.32. The van der Waals surface area contributed by atoms with Crippen molar-refractivity contribution < 1.29 is 4.79 Å². The smallest absolute Gasteiger partial charge is 0.271 e. The molecular formula is C15H16ClN3O. The van der Waals surface area contributed by atoms with Crippen molar-refractivity contribution >= 4 is 17.5 Å². The van der Waals surface area contributed by atoms with Gasteiger partial charge < -0.3 is 5.32 Å². The molecule has 0 atom stereocenters. The summed E-state index contributed by atoms with van der Waals surface area (Å²) in [6, 6.07) is 7.59. The highest BCUT2D eigenvalue weighted by Gasteiger charge is 2.25. The number of halogens is 1. The number of rotatable bonds is 2. The topological polar surface area (TPSA) is 46.9 Å². The number of para-hydroxylation sites is 1. The minimum Gasteiger partial charge on any atom is -0.354 e. The van der Waals surface area contributed by atoms with Gasteiger partial charge in [-0.15, -0.1) is 0 Å². The Bertz CT molecular complexity index is 663. The first kappa shape index (κ1) is 13.2. The van der Waals surface area contributed by atoms with E-state index in [1.54, 1.807) is 7.05 Å². The molecule has 20 heavy (non-hydrogen) atoms. The molecule has 4 nitrogen and oxygen atoms in total. The first-order valence-corrected chi connectivity index (χ1v) is 7.18. The van der Waals surface area contributed by atoms with Crippen LogP contribution in [-0.4, -0.2) is 22.7 Å². The van der Waals surface area contributed by atoms with Crippen LogP contribution in [0.3, 0.4) is 0 Å². The molecule has 1 aromatic heterocycles. The molecule has 1 heterocycles. The fourth-order valence-corrected chi connectivity index (χ4v) is 2.94. The first-order valence-electron chi connectivity index (χ1n) is 6.80. The number of hydrogen-bond donors (Lipinski definition) is 1. The number of nitrogens with one attached hydrogen (secondary N) is 1. The SMILES string of the molecule is CNC(=O)c1nn(-c2ccccc2Cl)c2c1CCCC2. The molecule has 0 bridgehead atoms. The molecule has 0 saturated carbocycles. The van der Waals surface area contributed by atoms with E-state index >= 15 is 0 Å². The summed E-state index contributed by atoms with van der Waals surface area (Å²) in [5.74, 6) is -0.131. The summed E-state index contributed by atoms with van der Waals surface area (Å²) in [7, 11) is 1.63. The quantitative estimate of drug-likeness (QED) is 0.924. The van der Waals surface area contributed by atoms with Crippen LogP contribution in [0, 0.1) is 0 Å². The van der Waals surface area contributed by atoms with Gasteiger partial charge in [0.15, 0.2) is 5.69 Å². The molecule has 0 aliphatic heterocycles. The third-order valence-electron chi connectivity index (χ3n) is 3.70. The monoisotopic (exact) mass is 289 g/mol. The van der Waals surface area contributed by atoms with Crippen LogP contribution in [0.25, 0.3) is 5.69 Å². The summed E-state index contributed by atoms with van der Waals surface area (Å²) in [5.41, 5.74) is 3.54. The Kier molecular flexibility index (Phi) is 3.49. The molecule has 0 spiro atoms. The van der Waals surface area contributed by atoms with Crippen LogP contribution in [0.4, 0.5) is 0 Å². The van der Waals surface area contributed by atoms with Gasteiger partial charge in [-0.05, 0) is 37.8 Å². The third-order valence-corrected chi connectivity index (χ3v) is 4.02. The average Bonchev–Trinajstić information content (AvgIpc) is 2.86. The number of aromatic nitrogens is 2. The largest absolute Gasteiger partial charge is 0.354 e. The van der Waals surface area contributed by atoms with Crippen molar-refractivity contribution in [3.8, 4) is 5.69 Å². The molecule has 0 fully saturated rings. The number of amides is 1. The average molecular weight is 290 g/mol. The molecular weight excluding hydrogens is 274 g/mol. The second-order valence-electron chi connectivity index (χ2n) is 4.92. The van der Waals surface area contributed by atoms with E-state index in [0.29, 0.717) is 10.7 Å². The molecule has 0 radical (unpaired) electrons. The predicted octanol–water partition coefficient (Wildman–Crippen LogP) is 2.76. The zero-order valence-corrected chi connectivity index (χ0v) is 12.1. The summed E-state index contributed by atoms with van der Waals surface area (Å²) in [6.07, 6.45) is 4.06. The van der Waals surface area contributed by atoms with Gasteiger partial charge >= 0.3 is 0 Å². The van der Waals surface area contributed by atoms with Gasteiger partial charge in [-0.1, -0.05) is 23.7 Å². The second-order valence-corrected chi connectivity index (χ2v) is 5.33. The summed E-state index contributed by atoms with van der Waals surface area (Å²) in [6.45, 7) is 0. The van der Waals surface area contributed by atoms with E-state index in [9.17, 15) is 4.79 Å². The fraction of sp³-hybridized carbons (Fsp3) is 0.333. The van der Waals surface area contributed by atoms with E-state index in [1.807, 2.05) is 28.9 Å². The summed E-state index contributed by atoms with van der Waals surface area (Å²) < 4.78 is 1.83. The molecule has 1 aliphatic carbocycles. The van der Waals surface area contributed by atoms with Crippen molar-refractivity contribution in [1.82, 2.24) is 15.1 Å². The standard InChI is InChI=1S/C15H16ClN3O/c1-17-15(20)14-10-6-2-4-8-12(10)19(18-14)13-9-5-3-7-11(13)16/h3,5,7,9H,2,4,6,8H2,1H3,(H,17,20). The maximum atomic E-state index is 12.0. The fourth-order valence-electron chi connectivity index (χ4n) is 2.72. The van der Waals surface area contributed by atoms with Crippen LogP contribution in [0.5, 0.6) is 0 Å². The molecule has 1 aliphatic rings. The van der Waals surface area contributed by atoms with E-state index in [0.717, 1.165) is 42.6 Å². The Hall–Kier alpha value is -1.81. The van der Waals surface area contributed by atoms with Gasteiger partial charge in [-0.25, -0.2) is 4.68 Å². The summed E-state index contributed by atoms with van der Waals surface area (Å²) in [4.78, 5) is 12.0. The van der Waals surface area contributed by atoms with Crippen LogP contribution >= 0.6 is 11.6 Å². The van der Waals surface area contributed by atoms with Crippen LogP contribution < -0.4 is 5.32 Å². The lowest BCUT2D eigenvalue weighted by Crippen LogP contribution is -2.20. The minimum absolute atomic E-state index is 0.131. The van der Waals surface area contributed by atoms with Crippen LogP contribution in [0.1, 0.15) is 34.6 Å². The van der Waals surface area contributed by atoms with Gasteiger partial charge in [-0.2, -0.15) is 5.10 Å². The lowest BCUT2D eigenvalue weighted by molar-refractivity contribution is 0.0956. The van der Waals surface area contributed by atoms with E-state index in [2.05, 4.69) is 10.4 Å². The summed E-state index contributed by atoms with van der Waals surface area (Å²) in [5, 5.41) is 7.82. The van der Waals surface area contributed by atoms with Crippen molar-refractivity contribution in [2.75, 3.05) is 7.05 Å². The predicted molar refractivity (Wildman–Crippen MR) is 78.6 cm³/mol. The first-order chi connectivity index (χ1) is 9.72. The summed E-state index contributed by atoms with van der Waals surface area (Å²) >= 11 is 6.26. The molecule has 1 aromatic carbocycles. The Morgan fingerprint density at radius 1 is 1.30 bits per heavy atom. The van der Waals surface area contributed by atoms with Crippen molar-refractivity contribution in [3.05, 3.63) is 46.2 Å². The van der Waals surface area contributed by atoms with Gasteiger partial charge in [0.05, 0.1) is 10.7 Å². The normalized spacial score (nSPS) is 13.9. The molecule has 1 N–H and O–H groups in total. The number of nitrogens with zero attached hydrogens (tertiary/aromatic N) is 2. The van der Waals surface area contributed by atoms with E-state index in [-0.39, 0.29) is 5.91 Å². The van der Waals surface area contributed by atoms with Gasteiger partial charge in [0.2, 0.25) is 0 Å². The lowest BCUT2D eigenvalue weighted by atomic mass is 9.95. The van der Waals surface area contributed by atoms with Gasteiger partial charge in [0, 0.05) is 18.3 Å². The van der Waals surface area contributed by atoms with Crippen LogP contribution in [-0.2, 0) is 12.8 Å². The number of carbonyl (C=O) groups is 1. The second kappa shape index (κ2) is 5.29. The third kappa shape index (κ3) is 2.10. The Labute approximate surface area is 122 Å².